The Kier molecular flexibility index (Phi) is 6.91. The van der Waals surface area contributed by atoms with E-state index in [0.717, 1.165) is 22.4 Å². The molecule has 4 rings (SSSR count). The summed E-state index contributed by atoms with van der Waals surface area (Å²) in [4.78, 5) is 11.1. The molecule has 4 heteroatoms. The van der Waals surface area contributed by atoms with E-state index in [-0.39, 0.29) is 12.1 Å². The Balaban J connectivity index is 0.000000252. The molecule has 1 N–H and O–H groups in total. The van der Waals surface area contributed by atoms with Gasteiger partial charge in [0.05, 0.1) is 13.2 Å². The minimum absolute atomic E-state index is 0.0850. The standard InChI is InChI=1S/C18H15NO2.C7H8O/c1-13-4-2-5-14(10-13)8-9-15-6-3-7-16(11-15)17-12-21-18(20)19-17;1-8-7-5-3-2-4-6-7/h2-7,10-11,17H,12H2,1H3,(H,19,20);2-6H,1H3/t17-;/m0./s1. The van der Waals surface area contributed by atoms with Gasteiger partial charge in [-0.05, 0) is 54.4 Å². The van der Waals surface area contributed by atoms with Gasteiger partial charge in [0.25, 0.3) is 0 Å². The molecule has 0 radical (unpaired) electrons. The van der Waals surface area contributed by atoms with Crippen LogP contribution in [0.5, 0.6) is 5.75 Å². The lowest BCUT2D eigenvalue weighted by Crippen LogP contribution is -2.18. The average Bonchev–Trinajstić information content (AvgIpc) is 3.20. The summed E-state index contributed by atoms with van der Waals surface area (Å²) in [5.74, 6) is 7.23. The number of para-hydroxylation sites is 1. The number of amides is 1. The van der Waals surface area contributed by atoms with Crippen molar-refractivity contribution in [3.63, 3.8) is 0 Å². The number of methoxy groups -OCH3 is 1. The highest BCUT2D eigenvalue weighted by atomic mass is 16.6. The fourth-order valence-electron chi connectivity index (χ4n) is 2.82. The van der Waals surface area contributed by atoms with Crippen molar-refractivity contribution >= 4 is 6.09 Å². The first-order valence-corrected chi connectivity index (χ1v) is 9.35. The molecule has 1 aliphatic heterocycles. The maximum Gasteiger partial charge on any atom is 0.407 e. The Labute approximate surface area is 171 Å². The van der Waals surface area contributed by atoms with Gasteiger partial charge in [0, 0.05) is 11.1 Å². The fraction of sp³-hybridized carbons (Fsp3) is 0.160. The molecule has 1 heterocycles. The number of ether oxygens (including phenoxy) is 2. The first-order valence-electron chi connectivity index (χ1n) is 9.35. The molecule has 1 amide bonds. The monoisotopic (exact) mass is 385 g/mol. The maximum absolute atomic E-state index is 11.1. The van der Waals surface area contributed by atoms with Crippen LogP contribution in [0, 0.1) is 18.8 Å². The fourth-order valence-corrected chi connectivity index (χ4v) is 2.82. The van der Waals surface area contributed by atoms with Crippen molar-refractivity contribution in [1.29, 1.82) is 0 Å². The second-order valence-electron chi connectivity index (χ2n) is 6.56. The molecule has 1 saturated heterocycles. The van der Waals surface area contributed by atoms with Crippen molar-refractivity contribution in [2.75, 3.05) is 13.7 Å². The van der Waals surface area contributed by atoms with Crippen LogP contribution in [-0.2, 0) is 4.74 Å². The molecule has 3 aromatic carbocycles. The van der Waals surface area contributed by atoms with Crippen LogP contribution in [-0.4, -0.2) is 19.8 Å². The van der Waals surface area contributed by atoms with E-state index in [1.807, 2.05) is 66.7 Å². The van der Waals surface area contributed by atoms with E-state index in [2.05, 4.69) is 36.2 Å². The van der Waals surface area contributed by atoms with Crippen molar-refractivity contribution in [2.24, 2.45) is 0 Å². The van der Waals surface area contributed by atoms with Gasteiger partial charge in [0.1, 0.15) is 12.4 Å². The van der Waals surface area contributed by atoms with Crippen LogP contribution >= 0.6 is 0 Å². The number of alkyl carbamates (subject to hydrolysis) is 1. The average molecular weight is 385 g/mol. The summed E-state index contributed by atoms with van der Waals surface area (Å²) in [6, 6.07) is 25.6. The molecule has 4 nitrogen and oxygen atoms in total. The van der Waals surface area contributed by atoms with E-state index in [0.29, 0.717) is 6.61 Å². The highest BCUT2D eigenvalue weighted by Gasteiger charge is 2.23. The molecule has 0 saturated carbocycles. The summed E-state index contributed by atoms with van der Waals surface area (Å²) >= 11 is 0. The number of hydrogen-bond donors (Lipinski definition) is 1. The van der Waals surface area contributed by atoms with Gasteiger partial charge in [-0.2, -0.15) is 0 Å². The van der Waals surface area contributed by atoms with Gasteiger partial charge in [0.2, 0.25) is 0 Å². The molecular weight excluding hydrogens is 362 g/mol. The molecule has 29 heavy (non-hydrogen) atoms. The summed E-state index contributed by atoms with van der Waals surface area (Å²) in [5.41, 5.74) is 4.13. The van der Waals surface area contributed by atoms with Crippen LogP contribution in [0.25, 0.3) is 0 Å². The molecule has 146 valence electrons. The summed E-state index contributed by atoms with van der Waals surface area (Å²) in [7, 11) is 1.66. The summed E-state index contributed by atoms with van der Waals surface area (Å²) < 4.78 is 9.83. The third-order valence-corrected chi connectivity index (χ3v) is 4.31. The first kappa shape index (κ1) is 20.0. The van der Waals surface area contributed by atoms with E-state index in [4.69, 9.17) is 9.47 Å². The second-order valence-corrected chi connectivity index (χ2v) is 6.56. The maximum atomic E-state index is 11.1. The Hall–Kier alpha value is -3.71. The minimum Gasteiger partial charge on any atom is -0.497 e. The van der Waals surface area contributed by atoms with E-state index >= 15 is 0 Å². The number of benzene rings is 3. The van der Waals surface area contributed by atoms with Gasteiger partial charge < -0.3 is 14.8 Å². The van der Waals surface area contributed by atoms with Gasteiger partial charge in [-0.1, -0.05) is 54.3 Å². The normalized spacial score (nSPS) is 14.4. The molecule has 3 aromatic rings. The highest BCUT2D eigenvalue weighted by Crippen LogP contribution is 2.19. The largest absolute Gasteiger partial charge is 0.497 e. The van der Waals surface area contributed by atoms with Crippen molar-refractivity contribution in [3.8, 4) is 17.6 Å². The third kappa shape index (κ3) is 6.15. The molecule has 0 aliphatic carbocycles. The van der Waals surface area contributed by atoms with Crippen LogP contribution in [0.4, 0.5) is 4.79 Å². The smallest absolute Gasteiger partial charge is 0.407 e. The Bertz CT molecular complexity index is 1020. The minimum atomic E-state index is -0.365. The number of carbonyl (C=O) groups is 1. The molecule has 0 aromatic heterocycles. The predicted octanol–water partition coefficient (Wildman–Crippen LogP) is 4.87. The van der Waals surface area contributed by atoms with Crippen LogP contribution < -0.4 is 10.1 Å². The number of aryl methyl sites for hydroxylation is 1. The zero-order valence-electron chi connectivity index (χ0n) is 16.5. The molecule has 0 unspecified atom stereocenters. The number of rotatable bonds is 2. The van der Waals surface area contributed by atoms with Crippen LogP contribution in [0.15, 0.2) is 78.9 Å². The van der Waals surface area contributed by atoms with Crippen LogP contribution in [0.3, 0.4) is 0 Å². The lowest BCUT2D eigenvalue weighted by molar-refractivity contribution is 0.177. The zero-order valence-corrected chi connectivity index (χ0v) is 16.5. The molecular formula is C25H23NO3. The van der Waals surface area contributed by atoms with E-state index in [9.17, 15) is 4.79 Å². The van der Waals surface area contributed by atoms with Crippen molar-refractivity contribution in [3.05, 3.63) is 101 Å². The SMILES string of the molecule is COc1ccccc1.Cc1cccc(C#Cc2cccc([C@@H]3COC(=O)N3)c2)c1. The predicted molar refractivity (Wildman–Crippen MR) is 114 cm³/mol. The summed E-state index contributed by atoms with van der Waals surface area (Å²) in [6.07, 6.45) is -0.365. The molecule has 0 spiro atoms. The first-order chi connectivity index (χ1) is 14.1. The van der Waals surface area contributed by atoms with Gasteiger partial charge in [-0.15, -0.1) is 0 Å². The second kappa shape index (κ2) is 10.0. The van der Waals surface area contributed by atoms with E-state index < -0.39 is 0 Å². The van der Waals surface area contributed by atoms with Gasteiger partial charge >= 0.3 is 6.09 Å². The number of cyclic esters (lactones) is 1. The lowest BCUT2D eigenvalue weighted by Gasteiger charge is -2.07. The quantitative estimate of drug-likeness (QED) is 0.640. The zero-order chi connectivity index (χ0) is 20.5. The lowest BCUT2D eigenvalue weighted by atomic mass is 10.0. The molecule has 0 bridgehead atoms. The van der Waals surface area contributed by atoms with Crippen LogP contribution in [0.2, 0.25) is 0 Å². The number of hydrogen-bond acceptors (Lipinski definition) is 3. The number of carbonyl (C=O) groups excluding carboxylic acids is 1. The molecule has 1 atom stereocenters. The van der Waals surface area contributed by atoms with Crippen molar-refractivity contribution in [2.45, 2.75) is 13.0 Å². The van der Waals surface area contributed by atoms with Crippen LogP contribution in [0.1, 0.15) is 28.3 Å². The Morgan fingerprint density at radius 1 is 0.931 bits per heavy atom. The van der Waals surface area contributed by atoms with Gasteiger partial charge in [-0.3, -0.25) is 0 Å². The van der Waals surface area contributed by atoms with Gasteiger partial charge in [-0.25, -0.2) is 4.79 Å². The number of nitrogens with one attached hydrogen (secondary N) is 1. The van der Waals surface area contributed by atoms with Crippen molar-refractivity contribution < 1.29 is 14.3 Å². The third-order valence-electron chi connectivity index (χ3n) is 4.31. The van der Waals surface area contributed by atoms with Gasteiger partial charge in [0.15, 0.2) is 0 Å². The molecule has 1 fully saturated rings. The summed E-state index contributed by atoms with van der Waals surface area (Å²) in [5, 5.41) is 2.77. The molecule has 1 aliphatic rings. The van der Waals surface area contributed by atoms with Crippen molar-refractivity contribution in [1.82, 2.24) is 5.32 Å². The summed E-state index contributed by atoms with van der Waals surface area (Å²) in [6.45, 7) is 2.42. The van der Waals surface area contributed by atoms with E-state index in [1.165, 1.54) is 5.56 Å². The highest BCUT2D eigenvalue weighted by molar-refractivity contribution is 5.70. The van der Waals surface area contributed by atoms with E-state index in [1.54, 1.807) is 7.11 Å². The topological polar surface area (TPSA) is 47.6 Å². The Morgan fingerprint density at radius 2 is 1.62 bits per heavy atom. The Morgan fingerprint density at radius 3 is 2.21 bits per heavy atom.